The van der Waals surface area contributed by atoms with Crippen LogP contribution >= 0.6 is 11.6 Å². The molecule has 1 N–H and O–H groups in total. The maximum atomic E-state index is 5.94. The summed E-state index contributed by atoms with van der Waals surface area (Å²) in [5, 5.41) is 3.97. The van der Waals surface area contributed by atoms with Crippen LogP contribution in [0, 0.1) is 0 Å². The second-order valence-corrected chi connectivity index (χ2v) is 4.69. The first-order valence-corrected chi connectivity index (χ1v) is 6.50. The lowest BCUT2D eigenvalue weighted by atomic mass is 9.92. The van der Waals surface area contributed by atoms with Gasteiger partial charge in [-0.2, -0.15) is 0 Å². The van der Waals surface area contributed by atoms with Crippen LogP contribution in [-0.2, 0) is 0 Å². The molecule has 0 aliphatic carbocycles. The first-order valence-electron chi connectivity index (χ1n) is 6.12. The largest absolute Gasteiger partial charge is 0.320 e. The van der Waals surface area contributed by atoms with Crippen LogP contribution < -0.4 is 5.32 Å². The zero-order valence-corrected chi connectivity index (χ0v) is 11.2. The van der Waals surface area contributed by atoms with Gasteiger partial charge >= 0.3 is 0 Å². The van der Waals surface area contributed by atoms with Crippen molar-refractivity contribution in [3.8, 4) is 0 Å². The van der Waals surface area contributed by atoms with E-state index in [1.807, 2.05) is 37.5 Å². The van der Waals surface area contributed by atoms with Crippen LogP contribution in [0.2, 0.25) is 5.02 Å². The smallest absolute Gasteiger partial charge is 0.0478 e. The van der Waals surface area contributed by atoms with E-state index in [2.05, 4.69) is 28.5 Å². The third-order valence-corrected chi connectivity index (χ3v) is 3.25. The van der Waals surface area contributed by atoms with Crippen molar-refractivity contribution >= 4 is 11.6 Å². The Hall–Kier alpha value is -1.38. The molecule has 2 aromatic rings. The van der Waals surface area contributed by atoms with Crippen molar-refractivity contribution in [2.24, 2.45) is 0 Å². The van der Waals surface area contributed by atoms with Crippen LogP contribution in [0.15, 0.2) is 48.7 Å². The molecule has 0 saturated carbocycles. The summed E-state index contributed by atoms with van der Waals surface area (Å²) in [6.45, 7) is 0.962. The molecule has 94 valence electrons. The SMILES string of the molecule is CNCC[C@@H](c1ccc(Cl)cc1)c1ccccn1. The lowest BCUT2D eigenvalue weighted by Gasteiger charge is -2.16. The molecule has 2 rings (SSSR count). The Balaban J connectivity index is 2.27. The van der Waals surface area contributed by atoms with Gasteiger partial charge in [0.1, 0.15) is 0 Å². The Kier molecular flexibility index (Phi) is 4.73. The molecule has 0 aliphatic rings. The third kappa shape index (κ3) is 3.31. The van der Waals surface area contributed by atoms with E-state index in [1.54, 1.807) is 0 Å². The molecule has 0 bridgehead atoms. The Morgan fingerprint density at radius 1 is 1.17 bits per heavy atom. The van der Waals surface area contributed by atoms with E-state index < -0.39 is 0 Å². The monoisotopic (exact) mass is 260 g/mol. The molecule has 1 aromatic carbocycles. The lowest BCUT2D eigenvalue weighted by molar-refractivity contribution is 0.649. The fourth-order valence-corrected chi connectivity index (χ4v) is 2.18. The van der Waals surface area contributed by atoms with E-state index in [1.165, 1.54) is 5.56 Å². The van der Waals surface area contributed by atoms with Gasteiger partial charge < -0.3 is 5.32 Å². The Bertz CT molecular complexity index is 468. The highest BCUT2D eigenvalue weighted by Gasteiger charge is 2.14. The van der Waals surface area contributed by atoms with Crippen molar-refractivity contribution in [3.05, 3.63) is 64.9 Å². The summed E-state index contributed by atoms with van der Waals surface area (Å²) >= 11 is 5.94. The fraction of sp³-hybridized carbons (Fsp3) is 0.267. The molecular formula is C15H17ClN2. The molecule has 0 radical (unpaired) electrons. The van der Waals surface area contributed by atoms with Gasteiger partial charge in [0, 0.05) is 22.8 Å². The molecule has 0 unspecified atom stereocenters. The highest BCUT2D eigenvalue weighted by atomic mass is 35.5. The van der Waals surface area contributed by atoms with Gasteiger partial charge in [-0.1, -0.05) is 29.8 Å². The van der Waals surface area contributed by atoms with E-state index in [-0.39, 0.29) is 0 Å². The first-order chi connectivity index (χ1) is 8.81. The van der Waals surface area contributed by atoms with Crippen LogP contribution in [0.5, 0.6) is 0 Å². The number of hydrogen-bond donors (Lipinski definition) is 1. The Labute approximate surface area is 113 Å². The molecule has 0 amide bonds. The van der Waals surface area contributed by atoms with Crippen molar-refractivity contribution in [2.75, 3.05) is 13.6 Å². The zero-order chi connectivity index (χ0) is 12.8. The quantitative estimate of drug-likeness (QED) is 0.890. The average molecular weight is 261 g/mol. The van der Waals surface area contributed by atoms with Crippen LogP contribution in [0.1, 0.15) is 23.6 Å². The third-order valence-electron chi connectivity index (χ3n) is 3.00. The molecule has 1 aromatic heterocycles. The van der Waals surface area contributed by atoms with Crippen LogP contribution in [-0.4, -0.2) is 18.6 Å². The number of aromatic nitrogens is 1. The predicted octanol–water partition coefficient (Wildman–Crippen LogP) is 3.48. The number of halogens is 1. The minimum atomic E-state index is 0.316. The molecule has 18 heavy (non-hydrogen) atoms. The Morgan fingerprint density at radius 3 is 2.56 bits per heavy atom. The summed E-state index contributed by atoms with van der Waals surface area (Å²) in [4.78, 5) is 4.47. The highest BCUT2D eigenvalue weighted by Crippen LogP contribution is 2.27. The second-order valence-electron chi connectivity index (χ2n) is 4.25. The minimum Gasteiger partial charge on any atom is -0.320 e. The van der Waals surface area contributed by atoms with Gasteiger partial charge in [0.15, 0.2) is 0 Å². The number of rotatable bonds is 5. The van der Waals surface area contributed by atoms with Gasteiger partial charge in [0.05, 0.1) is 0 Å². The topological polar surface area (TPSA) is 24.9 Å². The van der Waals surface area contributed by atoms with E-state index in [9.17, 15) is 0 Å². The van der Waals surface area contributed by atoms with E-state index in [0.29, 0.717) is 5.92 Å². The number of benzene rings is 1. The predicted molar refractivity (Wildman–Crippen MR) is 76.1 cm³/mol. The maximum absolute atomic E-state index is 5.94. The summed E-state index contributed by atoms with van der Waals surface area (Å²) < 4.78 is 0. The van der Waals surface area contributed by atoms with Crippen molar-refractivity contribution in [3.63, 3.8) is 0 Å². The molecule has 1 heterocycles. The van der Waals surface area contributed by atoms with Crippen LogP contribution in [0.4, 0.5) is 0 Å². The van der Waals surface area contributed by atoms with Gasteiger partial charge in [-0.3, -0.25) is 4.98 Å². The van der Waals surface area contributed by atoms with Gasteiger partial charge in [0.2, 0.25) is 0 Å². The minimum absolute atomic E-state index is 0.316. The summed E-state index contributed by atoms with van der Waals surface area (Å²) in [6, 6.07) is 14.1. The van der Waals surface area contributed by atoms with Gasteiger partial charge in [-0.05, 0) is 49.8 Å². The van der Waals surface area contributed by atoms with E-state index in [4.69, 9.17) is 11.6 Å². The number of nitrogens with one attached hydrogen (secondary N) is 1. The van der Waals surface area contributed by atoms with Crippen molar-refractivity contribution < 1.29 is 0 Å². The normalized spacial score (nSPS) is 12.3. The molecule has 2 nitrogen and oxygen atoms in total. The van der Waals surface area contributed by atoms with Gasteiger partial charge in [0.25, 0.3) is 0 Å². The van der Waals surface area contributed by atoms with Gasteiger partial charge in [-0.25, -0.2) is 0 Å². The summed E-state index contributed by atoms with van der Waals surface area (Å²) in [7, 11) is 1.97. The molecule has 0 saturated heterocycles. The second kappa shape index (κ2) is 6.53. The summed E-state index contributed by atoms with van der Waals surface area (Å²) in [5.41, 5.74) is 2.36. The summed E-state index contributed by atoms with van der Waals surface area (Å²) in [6.07, 6.45) is 2.87. The summed E-state index contributed by atoms with van der Waals surface area (Å²) in [5.74, 6) is 0.316. The molecule has 1 atom stereocenters. The number of nitrogens with zero attached hydrogens (tertiary/aromatic N) is 1. The van der Waals surface area contributed by atoms with Crippen molar-refractivity contribution in [2.45, 2.75) is 12.3 Å². The fourth-order valence-electron chi connectivity index (χ4n) is 2.05. The first kappa shape index (κ1) is 13.1. The highest BCUT2D eigenvalue weighted by molar-refractivity contribution is 6.30. The van der Waals surface area contributed by atoms with E-state index >= 15 is 0 Å². The lowest BCUT2D eigenvalue weighted by Crippen LogP contribution is -2.13. The van der Waals surface area contributed by atoms with Crippen molar-refractivity contribution in [1.29, 1.82) is 0 Å². The zero-order valence-electron chi connectivity index (χ0n) is 10.4. The number of pyridine rings is 1. The maximum Gasteiger partial charge on any atom is 0.0478 e. The number of hydrogen-bond acceptors (Lipinski definition) is 2. The van der Waals surface area contributed by atoms with Gasteiger partial charge in [-0.15, -0.1) is 0 Å². The standard InChI is InChI=1S/C15H17ClN2/c1-17-11-9-14(15-4-2-3-10-18-15)12-5-7-13(16)8-6-12/h2-8,10,14,17H,9,11H2,1H3/t14-/m0/s1. The van der Waals surface area contributed by atoms with Crippen LogP contribution in [0.3, 0.4) is 0 Å². The molecule has 0 fully saturated rings. The van der Waals surface area contributed by atoms with E-state index in [0.717, 1.165) is 23.7 Å². The molecule has 0 aliphatic heterocycles. The van der Waals surface area contributed by atoms with Crippen molar-refractivity contribution in [1.82, 2.24) is 10.3 Å². The Morgan fingerprint density at radius 2 is 1.94 bits per heavy atom. The molecular weight excluding hydrogens is 244 g/mol. The average Bonchev–Trinajstić information content (AvgIpc) is 2.42. The molecule has 0 spiro atoms. The molecule has 3 heteroatoms. The van der Waals surface area contributed by atoms with Crippen LogP contribution in [0.25, 0.3) is 0 Å².